The highest BCUT2D eigenvalue weighted by molar-refractivity contribution is 5.95. The third kappa shape index (κ3) is 4.35. The molecule has 0 radical (unpaired) electrons. The predicted octanol–water partition coefficient (Wildman–Crippen LogP) is 2.06. The van der Waals surface area contributed by atoms with Crippen molar-refractivity contribution < 1.29 is 14.7 Å². The number of hydrogen-bond acceptors (Lipinski definition) is 3. The molecule has 132 valence electrons. The molecule has 1 aliphatic rings. The summed E-state index contributed by atoms with van der Waals surface area (Å²) >= 11 is 0. The van der Waals surface area contributed by atoms with E-state index in [2.05, 4.69) is 5.32 Å². The maximum absolute atomic E-state index is 12.6. The van der Waals surface area contributed by atoms with E-state index in [1.54, 1.807) is 17.0 Å². The molecule has 0 spiro atoms. The Labute approximate surface area is 144 Å². The highest BCUT2D eigenvalue weighted by Gasteiger charge is 2.39. The van der Waals surface area contributed by atoms with Crippen LogP contribution >= 0.6 is 0 Å². The van der Waals surface area contributed by atoms with Crippen LogP contribution in [0.2, 0.25) is 0 Å². The second-order valence-electron chi connectivity index (χ2n) is 7.28. The van der Waals surface area contributed by atoms with Crippen LogP contribution in [0.5, 0.6) is 0 Å². The molecule has 2 unspecified atom stereocenters. The average Bonchev–Trinajstić information content (AvgIpc) is 2.59. The van der Waals surface area contributed by atoms with Crippen molar-refractivity contribution in [2.75, 3.05) is 19.6 Å². The Morgan fingerprint density at radius 2 is 1.96 bits per heavy atom. The largest absolute Gasteiger partial charge is 0.391 e. The molecule has 24 heavy (non-hydrogen) atoms. The van der Waals surface area contributed by atoms with Gasteiger partial charge in [0.1, 0.15) is 0 Å². The molecular formula is C19H28N2O3. The van der Waals surface area contributed by atoms with Crippen molar-refractivity contribution in [1.82, 2.24) is 10.2 Å². The first-order valence-electron chi connectivity index (χ1n) is 8.64. The van der Waals surface area contributed by atoms with Crippen LogP contribution in [0.25, 0.3) is 0 Å². The maximum atomic E-state index is 12.6. The number of likely N-dealkylation sites (tertiary alicyclic amines) is 1. The number of hydrogen-bond donors (Lipinski definition) is 2. The van der Waals surface area contributed by atoms with Gasteiger partial charge in [-0.05, 0) is 37.8 Å². The number of rotatable bonds is 5. The normalized spacial score (nSPS) is 22.3. The van der Waals surface area contributed by atoms with Crippen molar-refractivity contribution in [1.29, 1.82) is 0 Å². The van der Waals surface area contributed by atoms with Gasteiger partial charge in [-0.25, -0.2) is 0 Å². The lowest BCUT2D eigenvalue weighted by atomic mass is 9.80. The fourth-order valence-corrected chi connectivity index (χ4v) is 3.01. The van der Waals surface area contributed by atoms with Crippen LogP contribution < -0.4 is 5.32 Å². The molecular weight excluding hydrogens is 304 g/mol. The molecule has 1 aromatic rings. The molecule has 2 atom stereocenters. The van der Waals surface area contributed by atoms with Gasteiger partial charge in [0, 0.05) is 25.2 Å². The van der Waals surface area contributed by atoms with E-state index in [0.29, 0.717) is 18.7 Å². The molecule has 1 aliphatic heterocycles. The van der Waals surface area contributed by atoms with Gasteiger partial charge in [0.05, 0.1) is 11.5 Å². The number of benzene rings is 1. The molecule has 0 bridgehead atoms. The van der Waals surface area contributed by atoms with Crippen LogP contribution in [0.3, 0.4) is 0 Å². The van der Waals surface area contributed by atoms with Crippen molar-refractivity contribution in [2.24, 2.45) is 11.3 Å². The van der Waals surface area contributed by atoms with Crippen LogP contribution in [0.4, 0.5) is 0 Å². The van der Waals surface area contributed by atoms with E-state index in [-0.39, 0.29) is 24.3 Å². The summed E-state index contributed by atoms with van der Waals surface area (Å²) in [6.07, 6.45) is 0.993. The summed E-state index contributed by atoms with van der Waals surface area (Å²) in [5, 5.41) is 12.7. The van der Waals surface area contributed by atoms with E-state index in [0.717, 1.165) is 12.8 Å². The SMILES string of the molecule is CC(C)C(O)CNC(=O)C1(C)CCCN(C(=O)c2ccccc2)C1. The van der Waals surface area contributed by atoms with Gasteiger partial charge in [-0.15, -0.1) is 0 Å². The Bertz CT molecular complexity index is 573. The fourth-order valence-electron chi connectivity index (χ4n) is 3.01. The van der Waals surface area contributed by atoms with E-state index < -0.39 is 11.5 Å². The topological polar surface area (TPSA) is 69.6 Å². The molecule has 0 saturated carbocycles. The van der Waals surface area contributed by atoms with E-state index in [1.165, 1.54) is 0 Å². The molecule has 1 fully saturated rings. The summed E-state index contributed by atoms with van der Waals surface area (Å²) in [5.74, 6) is -0.0232. The molecule has 2 amide bonds. The zero-order chi connectivity index (χ0) is 17.7. The predicted molar refractivity (Wildman–Crippen MR) is 93.5 cm³/mol. The van der Waals surface area contributed by atoms with Gasteiger partial charge in [0.15, 0.2) is 0 Å². The molecule has 0 aromatic heterocycles. The minimum absolute atomic E-state index is 0.0310. The summed E-state index contributed by atoms with van der Waals surface area (Å²) in [6.45, 7) is 7.06. The van der Waals surface area contributed by atoms with Gasteiger partial charge in [-0.2, -0.15) is 0 Å². The van der Waals surface area contributed by atoms with Crippen molar-refractivity contribution in [3.05, 3.63) is 35.9 Å². The van der Waals surface area contributed by atoms with Gasteiger partial charge in [-0.1, -0.05) is 32.0 Å². The molecule has 1 heterocycles. The minimum atomic E-state index is -0.612. The second-order valence-corrected chi connectivity index (χ2v) is 7.28. The minimum Gasteiger partial charge on any atom is -0.391 e. The number of carbonyl (C=O) groups is 2. The number of aliphatic hydroxyl groups excluding tert-OH is 1. The van der Waals surface area contributed by atoms with E-state index in [9.17, 15) is 14.7 Å². The lowest BCUT2D eigenvalue weighted by Gasteiger charge is -2.39. The Morgan fingerprint density at radius 3 is 2.58 bits per heavy atom. The first-order chi connectivity index (χ1) is 11.3. The highest BCUT2D eigenvalue weighted by atomic mass is 16.3. The van der Waals surface area contributed by atoms with Crippen LogP contribution in [0.1, 0.15) is 44.0 Å². The zero-order valence-corrected chi connectivity index (χ0v) is 14.8. The highest BCUT2D eigenvalue weighted by Crippen LogP contribution is 2.30. The number of carbonyl (C=O) groups excluding carboxylic acids is 2. The number of aliphatic hydroxyl groups is 1. The third-order valence-corrected chi connectivity index (χ3v) is 4.79. The standard InChI is InChI=1S/C19H28N2O3/c1-14(2)16(22)12-20-18(24)19(3)10-7-11-21(13-19)17(23)15-8-5-4-6-9-15/h4-6,8-9,14,16,22H,7,10-13H2,1-3H3,(H,20,24). The summed E-state index contributed by atoms with van der Waals surface area (Å²) in [7, 11) is 0. The molecule has 0 aliphatic carbocycles. The third-order valence-electron chi connectivity index (χ3n) is 4.79. The van der Waals surface area contributed by atoms with E-state index in [4.69, 9.17) is 0 Å². The number of nitrogens with one attached hydrogen (secondary N) is 1. The van der Waals surface area contributed by atoms with Gasteiger partial charge in [0.25, 0.3) is 5.91 Å². The Balaban J connectivity index is 2.00. The molecule has 1 aromatic carbocycles. The van der Waals surface area contributed by atoms with Gasteiger partial charge in [-0.3, -0.25) is 9.59 Å². The summed E-state index contributed by atoms with van der Waals surface area (Å²) in [6, 6.07) is 9.16. The van der Waals surface area contributed by atoms with Crippen molar-refractivity contribution >= 4 is 11.8 Å². The second kappa shape index (κ2) is 7.79. The first kappa shape index (κ1) is 18.5. The molecule has 2 rings (SSSR count). The lowest BCUT2D eigenvalue weighted by molar-refractivity contribution is -0.133. The zero-order valence-electron chi connectivity index (χ0n) is 14.8. The Hall–Kier alpha value is -1.88. The van der Waals surface area contributed by atoms with Crippen molar-refractivity contribution in [2.45, 2.75) is 39.7 Å². The smallest absolute Gasteiger partial charge is 0.253 e. The molecule has 2 N–H and O–H groups in total. The molecule has 1 saturated heterocycles. The van der Waals surface area contributed by atoms with Gasteiger partial charge in [0.2, 0.25) is 5.91 Å². The lowest BCUT2D eigenvalue weighted by Crippen LogP contribution is -2.53. The van der Waals surface area contributed by atoms with Crippen LogP contribution in [0.15, 0.2) is 30.3 Å². The quantitative estimate of drug-likeness (QED) is 0.867. The van der Waals surface area contributed by atoms with Crippen molar-refractivity contribution in [3.63, 3.8) is 0 Å². The molecule has 5 heteroatoms. The fraction of sp³-hybridized carbons (Fsp3) is 0.579. The first-order valence-corrected chi connectivity index (χ1v) is 8.64. The Kier molecular flexibility index (Phi) is 5.99. The number of amides is 2. The van der Waals surface area contributed by atoms with Crippen molar-refractivity contribution in [3.8, 4) is 0 Å². The Morgan fingerprint density at radius 1 is 1.29 bits per heavy atom. The monoisotopic (exact) mass is 332 g/mol. The molecule has 5 nitrogen and oxygen atoms in total. The van der Waals surface area contributed by atoms with Crippen LogP contribution in [-0.4, -0.2) is 47.6 Å². The van der Waals surface area contributed by atoms with E-state index >= 15 is 0 Å². The van der Waals surface area contributed by atoms with E-state index in [1.807, 2.05) is 39.0 Å². The number of piperidine rings is 1. The van der Waals surface area contributed by atoms with Crippen LogP contribution in [-0.2, 0) is 4.79 Å². The van der Waals surface area contributed by atoms with Gasteiger partial charge < -0.3 is 15.3 Å². The van der Waals surface area contributed by atoms with Gasteiger partial charge >= 0.3 is 0 Å². The summed E-state index contributed by atoms with van der Waals surface area (Å²) in [4.78, 5) is 27.0. The van der Waals surface area contributed by atoms with Crippen LogP contribution in [0, 0.1) is 11.3 Å². The maximum Gasteiger partial charge on any atom is 0.253 e. The average molecular weight is 332 g/mol. The summed E-state index contributed by atoms with van der Waals surface area (Å²) < 4.78 is 0. The summed E-state index contributed by atoms with van der Waals surface area (Å²) in [5.41, 5.74) is 0.0386. The number of nitrogens with zero attached hydrogens (tertiary/aromatic N) is 1.